The van der Waals surface area contributed by atoms with Crippen molar-refractivity contribution in [2.75, 3.05) is 0 Å². The van der Waals surface area contributed by atoms with E-state index < -0.39 is 5.97 Å². The Morgan fingerprint density at radius 1 is 1.23 bits per heavy atom. The first kappa shape index (κ1) is 18.2. The molecule has 3 rings (SSSR count). The number of aryl methyl sites for hydroxylation is 1. The first-order chi connectivity index (χ1) is 12.5. The van der Waals surface area contributed by atoms with Crippen molar-refractivity contribution in [3.63, 3.8) is 0 Å². The van der Waals surface area contributed by atoms with Gasteiger partial charge in [-0.25, -0.2) is 4.98 Å². The quantitative estimate of drug-likeness (QED) is 0.821. The summed E-state index contributed by atoms with van der Waals surface area (Å²) in [5, 5.41) is 12.1. The minimum absolute atomic E-state index is 0.0706. The van der Waals surface area contributed by atoms with Crippen molar-refractivity contribution in [3.05, 3.63) is 41.8 Å². The fourth-order valence-electron chi connectivity index (χ4n) is 3.61. The molecule has 1 saturated carbocycles. The van der Waals surface area contributed by atoms with Gasteiger partial charge in [-0.05, 0) is 37.8 Å². The standard InChI is InChI=1S/C20H24N2O4/c1-13-18(22-20(26-13)15-10-6-3-7-11-15)19(25)21-16(12-17(23)24)14-8-4-2-5-9-14/h3,6-7,10-11,14,16H,2,4-5,8-9,12H2,1H3,(H,21,25)(H,23,24). The van der Waals surface area contributed by atoms with E-state index in [9.17, 15) is 14.7 Å². The van der Waals surface area contributed by atoms with Gasteiger partial charge in [-0.1, -0.05) is 37.5 Å². The van der Waals surface area contributed by atoms with E-state index in [2.05, 4.69) is 10.3 Å². The Labute approximate surface area is 152 Å². The predicted octanol–water partition coefficient (Wildman–Crippen LogP) is 3.80. The van der Waals surface area contributed by atoms with Gasteiger partial charge in [0, 0.05) is 11.6 Å². The molecule has 1 aromatic carbocycles. The summed E-state index contributed by atoms with van der Waals surface area (Å²) in [5.74, 6) is -0.252. The molecule has 1 aromatic heterocycles. The molecule has 0 aliphatic heterocycles. The average molecular weight is 356 g/mol. The first-order valence-corrected chi connectivity index (χ1v) is 9.10. The number of carboxylic acids is 1. The second-order valence-electron chi connectivity index (χ2n) is 6.87. The van der Waals surface area contributed by atoms with Crippen molar-refractivity contribution in [1.29, 1.82) is 0 Å². The molecule has 1 fully saturated rings. The minimum Gasteiger partial charge on any atom is -0.481 e. The van der Waals surface area contributed by atoms with Crippen LogP contribution in [0.5, 0.6) is 0 Å². The summed E-state index contributed by atoms with van der Waals surface area (Å²) < 4.78 is 5.64. The van der Waals surface area contributed by atoms with E-state index in [-0.39, 0.29) is 30.0 Å². The van der Waals surface area contributed by atoms with Crippen molar-refractivity contribution in [2.45, 2.75) is 51.5 Å². The maximum Gasteiger partial charge on any atom is 0.305 e. The lowest BCUT2D eigenvalue weighted by Gasteiger charge is -2.29. The second kappa shape index (κ2) is 8.17. The van der Waals surface area contributed by atoms with Gasteiger partial charge >= 0.3 is 5.97 Å². The molecule has 26 heavy (non-hydrogen) atoms. The summed E-state index contributed by atoms with van der Waals surface area (Å²) >= 11 is 0. The second-order valence-corrected chi connectivity index (χ2v) is 6.87. The maximum atomic E-state index is 12.7. The number of aromatic nitrogens is 1. The number of hydrogen-bond acceptors (Lipinski definition) is 4. The van der Waals surface area contributed by atoms with E-state index in [4.69, 9.17) is 4.42 Å². The van der Waals surface area contributed by atoms with Crippen LogP contribution in [0.3, 0.4) is 0 Å². The Bertz CT molecular complexity index is 763. The maximum absolute atomic E-state index is 12.7. The molecule has 0 radical (unpaired) electrons. The number of oxazole rings is 1. The highest BCUT2D eigenvalue weighted by Gasteiger charge is 2.29. The lowest BCUT2D eigenvalue weighted by molar-refractivity contribution is -0.137. The van der Waals surface area contributed by atoms with Crippen LogP contribution in [0.15, 0.2) is 34.7 Å². The Hall–Kier alpha value is -2.63. The Kier molecular flexibility index (Phi) is 5.71. The SMILES string of the molecule is Cc1oc(-c2ccccc2)nc1C(=O)NC(CC(=O)O)C1CCCCC1. The van der Waals surface area contributed by atoms with Crippen LogP contribution in [0.4, 0.5) is 0 Å². The highest BCUT2D eigenvalue weighted by molar-refractivity contribution is 5.94. The smallest absolute Gasteiger partial charge is 0.305 e. The number of carbonyl (C=O) groups excluding carboxylic acids is 1. The number of nitrogens with one attached hydrogen (secondary N) is 1. The monoisotopic (exact) mass is 356 g/mol. The first-order valence-electron chi connectivity index (χ1n) is 9.10. The van der Waals surface area contributed by atoms with Crippen molar-refractivity contribution in [1.82, 2.24) is 10.3 Å². The molecule has 1 aliphatic rings. The van der Waals surface area contributed by atoms with Crippen LogP contribution in [0.1, 0.15) is 54.8 Å². The third kappa shape index (κ3) is 4.31. The number of aliphatic carboxylic acids is 1. The van der Waals surface area contributed by atoms with Gasteiger partial charge in [0.05, 0.1) is 6.42 Å². The van der Waals surface area contributed by atoms with Crippen molar-refractivity contribution in [2.24, 2.45) is 5.92 Å². The predicted molar refractivity (Wildman–Crippen MR) is 96.8 cm³/mol. The van der Waals surface area contributed by atoms with E-state index in [0.717, 1.165) is 31.2 Å². The molecule has 0 spiro atoms. The molecule has 1 amide bonds. The summed E-state index contributed by atoms with van der Waals surface area (Å²) in [6.07, 6.45) is 5.16. The molecule has 2 aromatic rings. The summed E-state index contributed by atoms with van der Waals surface area (Å²) in [4.78, 5) is 28.3. The molecular weight excluding hydrogens is 332 g/mol. The fourth-order valence-corrected chi connectivity index (χ4v) is 3.61. The number of hydrogen-bond donors (Lipinski definition) is 2. The molecule has 0 saturated heterocycles. The normalized spacial score (nSPS) is 16.2. The zero-order chi connectivity index (χ0) is 18.5. The Morgan fingerprint density at radius 3 is 2.58 bits per heavy atom. The van der Waals surface area contributed by atoms with Crippen molar-refractivity contribution in [3.8, 4) is 11.5 Å². The van der Waals surface area contributed by atoms with Crippen LogP contribution < -0.4 is 5.32 Å². The van der Waals surface area contributed by atoms with E-state index >= 15 is 0 Å². The third-order valence-corrected chi connectivity index (χ3v) is 4.96. The lowest BCUT2D eigenvalue weighted by atomic mass is 9.82. The Balaban J connectivity index is 1.76. The molecule has 1 aliphatic carbocycles. The molecule has 0 bridgehead atoms. The zero-order valence-electron chi connectivity index (χ0n) is 14.9. The number of benzene rings is 1. The molecule has 6 nitrogen and oxygen atoms in total. The van der Waals surface area contributed by atoms with Gasteiger partial charge in [-0.15, -0.1) is 0 Å². The van der Waals surface area contributed by atoms with Crippen LogP contribution in [0.2, 0.25) is 0 Å². The van der Waals surface area contributed by atoms with Gasteiger partial charge < -0.3 is 14.8 Å². The van der Waals surface area contributed by atoms with Crippen molar-refractivity contribution < 1.29 is 19.1 Å². The largest absolute Gasteiger partial charge is 0.481 e. The van der Waals surface area contributed by atoms with Crippen LogP contribution in [0.25, 0.3) is 11.5 Å². The molecular formula is C20H24N2O4. The highest BCUT2D eigenvalue weighted by Crippen LogP contribution is 2.28. The zero-order valence-corrected chi connectivity index (χ0v) is 14.9. The van der Waals surface area contributed by atoms with Gasteiger partial charge in [0.25, 0.3) is 5.91 Å². The lowest BCUT2D eigenvalue weighted by Crippen LogP contribution is -2.42. The van der Waals surface area contributed by atoms with Crippen LogP contribution in [-0.4, -0.2) is 28.0 Å². The van der Waals surface area contributed by atoms with Crippen molar-refractivity contribution >= 4 is 11.9 Å². The number of nitrogens with zero attached hydrogens (tertiary/aromatic N) is 1. The van der Waals surface area contributed by atoms with E-state index in [1.165, 1.54) is 6.42 Å². The topological polar surface area (TPSA) is 92.4 Å². The minimum atomic E-state index is -0.900. The van der Waals surface area contributed by atoms with E-state index in [1.807, 2.05) is 30.3 Å². The molecule has 6 heteroatoms. The summed E-state index contributed by atoms with van der Waals surface area (Å²) in [6.45, 7) is 1.70. The number of amides is 1. The van der Waals surface area contributed by atoms with E-state index in [1.54, 1.807) is 6.92 Å². The van der Waals surface area contributed by atoms with Crippen LogP contribution in [-0.2, 0) is 4.79 Å². The summed E-state index contributed by atoms with van der Waals surface area (Å²) in [7, 11) is 0. The van der Waals surface area contributed by atoms with Crippen LogP contribution >= 0.6 is 0 Å². The van der Waals surface area contributed by atoms with Crippen LogP contribution in [0, 0.1) is 12.8 Å². The molecule has 1 unspecified atom stereocenters. The molecule has 2 N–H and O–H groups in total. The Morgan fingerprint density at radius 2 is 1.92 bits per heavy atom. The van der Waals surface area contributed by atoms with Gasteiger partial charge in [0.15, 0.2) is 5.69 Å². The number of rotatable bonds is 6. The molecule has 138 valence electrons. The van der Waals surface area contributed by atoms with E-state index in [0.29, 0.717) is 11.7 Å². The summed E-state index contributed by atoms with van der Waals surface area (Å²) in [6, 6.07) is 9.00. The summed E-state index contributed by atoms with van der Waals surface area (Å²) in [5.41, 5.74) is 1.01. The number of carbonyl (C=O) groups is 2. The van der Waals surface area contributed by atoms with Gasteiger partial charge in [0.2, 0.25) is 5.89 Å². The average Bonchev–Trinajstić information content (AvgIpc) is 3.04. The van der Waals surface area contributed by atoms with Gasteiger partial charge in [-0.3, -0.25) is 9.59 Å². The fraction of sp³-hybridized carbons (Fsp3) is 0.450. The van der Waals surface area contributed by atoms with Gasteiger partial charge in [-0.2, -0.15) is 0 Å². The van der Waals surface area contributed by atoms with Gasteiger partial charge in [0.1, 0.15) is 5.76 Å². The highest BCUT2D eigenvalue weighted by atomic mass is 16.4. The molecule has 1 atom stereocenters. The number of carboxylic acid groups (broad SMARTS) is 1. The third-order valence-electron chi connectivity index (χ3n) is 4.96. The molecule has 1 heterocycles.